The second kappa shape index (κ2) is 6.35. The highest BCUT2D eigenvalue weighted by Crippen LogP contribution is 2.34. The highest BCUT2D eigenvalue weighted by atomic mass is 32.2. The summed E-state index contributed by atoms with van der Waals surface area (Å²) in [5.41, 5.74) is 7.07. The number of fused-ring (bicyclic) bond motifs is 1. The summed E-state index contributed by atoms with van der Waals surface area (Å²) in [6.45, 7) is 2.07. The number of thiocarbonyl (C=S) groups is 1. The van der Waals surface area contributed by atoms with Crippen molar-refractivity contribution in [1.29, 1.82) is 0 Å². The van der Waals surface area contributed by atoms with Crippen molar-refractivity contribution in [3.8, 4) is 0 Å². The van der Waals surface area contributed by atoms with Gasteiger partial charge in [0.2, 0.25) is 4.38 Å². The first kappa shape index (κ1) is 15.4. The molecule has 0 aliphatic carbocycles. The fourth-order valence-corrected chi connectivity index (χ4v) is 2.95. The highest BCUT2D eigenvalue weighted by molar-refractivity contribution is 8.22. The molecular formula is C13H17N5O2S2. The van der Waals surface area contributed by atoms with E-state index in [-0.39, 0.29) is 18.4 Å². The van der Waals surface area contributed by atoms with Gasteiger partial charge < -0.3 is 15.2 Å². The fourth-order valence-electron chi connectivity index (χ4n) is 2.61. The summed E-state index contributed by atoms with van der Waals surface area (Å²) < 4.78 is 14.3. The van der Waals surface area contributed by atoms with E-state index in [1.807, 2.05) is 10.8 Å². The predicted octanol–water partition coefficient (Wildman–Crippen LogP) is 2.14. The van der Waals surface area contributed by atoms with E-state index in [0.29, 0.717) is 27.8 Å². The summed E-state index contributed by atoms with van der Waals surface area (Å²) >= 11 is 6.58. The van der Waals surface area contributed by atoms with Crippen LogP contribution in [-0.4, -0.2) is 42.4 Å². The monoisotopic (exact) mass is 339 g/mol. The fraction of sp³-hybridized carbons (Fsp3) is 0.538. The number of nitrogen functional groups attached to an aromatic ring is 1. The van der Waals surface area contributed by atoms with Gasteiger partial charge in [0.05, 0.1) is 12.4 Å². The third-order valence-corrected chi connectivity index (χ3v) is 4.72. The molecular weight excluding hydrogens is 322 g/mol. The Balaban J connectivity index is 1.86. The number of hydrogen-bond acceptors (Lipinski definition) is 8. The molecule has 0 amide bonds. The van der Waals surface area contributed by atoms with E-state index < -0.39 is 0 Å². The molecule has 0 radical (unpaired) electrons. The maximum Gasteiger partial charge on any atom is 0.220 e. The van der Waals surface area contributed by atoms with Crippen molar-refractivity contribution in [2.45, 2.75) is 38.2 Å². The van der Waals surface area contributed by atoms with Crippen LogP contribution in [0.4, 0.5) is 5.82 Å². The molecule has 3 atom stereocenters. The van der Waals surface area contributed by atoms with E-state index in [0.717, 1.165) is 6.42 Å². The van der Waals surface area contributed by atoms with E-state index in [1.165, 1.54) is 18.1 Å². The van der Waals surface area contributed by atoms with Gasteiger partial charge in [0.1, 0.15) is 24.2 Å². The lowest BCUT2D eigenvalue weighted by Gasteiger charge is -2.17. The van der Waals surface area contributed by atoms with Crippen LogP contribution in [0, 0.1) is 0 Å². The van der Waals surface area contributed by atoms with Gasteiger partial charge in [0.25, 0.3) is 0 Å². The Bertz CT molecular complexity index is 692. The molecule has 1 saturated heterocycles. The van der Waals surface area contributed by atoms with Crippen molar-refractivity contribution in [1.82, 2.24) is 19.5 Å². The second-order valence-corrected chi connectivity index (χ2v) is 6.37. The van der Waals surface area contributed by atoms with Crippen molar-refractivity contribution in [2.24, 2.45) is 0 Å². The van der Waals surface area contributed by atoms with Crippen LogP contribution in [0.5, 0.6) is 0 Å². The van der Waals surface area contributed by atoms with E-state index in [4.69, 9.17) is 27.4 Å². The lowest BCUT2D eigenvalue weighted by Crippen LogP contribution is -2.24. The van der Waals surface area contributed by atoms with Gasteiger partial charge in [-0.15, -0.1) is 0 Å². The lowest BCUT2D eigenvalue weighted by molar-refractivity contribution is -0.0150. The standard InChI is InChI=1S/C13H17N5O2S2/c1-3-7-8(20-13(21)22-2)4-9(19-7)18-6-17-10-11(14)15-5-16-12(10)18/h5-9H,3-4H2,1-2H3,(H2,14,15,16). The average Bonchev–Trinajstić information content (AvgIpc) is 3.11. The van der Waals surface area contributed by atoms with Crippen LogP contribution in [0.15, 0.2) is 12.7 Å². The van der Waals surface area contributed by atoms with E-state index >= 15 is 0 Å². The SMILES string of the molecule is CCC1OC(n2cnc3c(N)ncnc32)CC1OC(=S)SC. The predicted molar refractivity (Wildman–Crippen MR) is 89.5 cm³/mol. The number of nitrogens with two attached hydrogens (primary N) is 1. The minimum Gasteiger partial charge on any atom is -0.472 e. The molecule has 1 aliphatic rings. The first-order valence-corrected chi connectivity index (χ1v) is 8.60. The number of nitrogens with zero attached hydrogens (tertiary/aromatic N) is 4. The van der Waals surface area contributed by atoms with Gasteiger partial charge in [0, 0.05) is 6.42 Å². The molecule has 1 fully saturated rings. The number of hydrogen-bond donors (Lipinski definition) is 1. The zero-order chi connectivity index (χ0) is 15.7. The summed E-state index contributed by atoms with van der Waals surface area (Å²) in [6, 6.07) is 0. The van der Waals surface area contributed by atoms with E-state index in [1.54, 1.807) is 6.33 Å². The van der Waals surface area contributed by atoms with Gasteiger partial charge in [0.15, 0.2) is 11.5 Å². The Hall–Kier alpha value is -1.45. The van der Waals surface area contributed by atoms with Crippen molar-refractivity contribution in [2.75, 3.05) is 12.0 Å². The van der Waals surface area contributed by atoms with Crippen LogP contribution in [0.1, 0.15) is 26.0 Å². The Kier molecular flexibility index (Phi) is 4.46. The van der Waals surface area contributed by atoms with Crippen molar-refractivity contribution >= 4 is 45.3 Å². The zero-order valence-electron chi connectivity index (χ0n) is 12.3. The van der Waals surface area contributed by atoms with Gasteiger partial charge in [-0.05, 0) is 24.9 Å². The topological polar surface area (TPSA) is 88.1 Å². The van der Waals surface area contributed by atoms with Crippen LogP contribution in [0.2, 0.25) is 0 Å². The summed E-state index contributed by atoms with van der Waals surface area (Å²) in [6.07, 6.45) is 6.29. The number of rotatable bonds is 3. The summed E-state index contributed by atoms with van der Waals surface area (Å²) in [5, 5.41) is 0. The largest absolute Gasteiger partial charge is 0.472 e. The molecule has 3 unspecified atom stereocenters. The molecule has 0 saturated carbocycles. The van der Waals surface area contributed by atoms with Crippen molar-refractivity contribution < 1.29 is 9.47 Å². The Labute approximate surface area is 137 Å². The quantitative estimate of drug-likeness (QED) is 0.851. The molecule has 9 heteroatoms. The maximum atomic E-state index is 6.09. The lowest BCUT2D eigenvalue weighted by atomic mass is 10.1. The Morgan fingerprint density at radius 1 is 1.55 bits per heavy atom. The van der Waals surface area contributed by atoms with Gasteiger partial charge in [-0.3, -0.25) is 4.57 Å². The number of thioether (sulfide) groups is 1. The zero-order valence-corrected chi connectivity index (χ0v) is 13.9. The molecule has 118 valence electrons. The summed E-state index contributed by atoms with van der Waals surface area (Å²) in [5.74, 6) is 0.366. The molecule has 0 spiro atoms. The normalized spacial score (nSPS) is 24.7. The Morgan fingerprint density at radius 3 is 3.09 bits per heavy atom. The van der Waals surface area contributed by atoms with Gasteiger partial charge in [-0.1, -0.05) is 18.7 Å². The molecule has 0 aromatic carbocycles. The Morgan fingerprint density at radius 2 is 2.36 bits per heavy atom. The van der Waals surface area contributed by atoms with Crippen LogP contribution < -0.4 is 5.73 Å². The van der Waals surface area contributed by atoms with Gasteiger partial charge >= 0.3 is 0 Å². The van der Waals surface area contributed by atoms with E-state index in [2.05, 4.69) is 21.9 Å². The second-order valence-electron chi connectivity index (χ2n) is 4.97. The van der Waals surface area contributed by atoms with Crippen LogP contribution in [0.25, 0.3) is 11.2 Å². The van der Waals surface area contributed by atoms with Gasteiger partial charge in [-0.2, -0.15) is 0 Å². The average molecular weight is 339 g/mol. The third kappa shape index (κ3) is 2.75. The molecule has 3 rings (SSSR count). The van der Waals surface area contributed by atoms with Crippen LogP contribution >= 0.6 is 24.0 Å². The van der Waals surface area contributed by atoms with Crippen molar-refractivity contribution in [3.63, 3.8) is 0 Å². The number of anilines is 1. The number of aromatic nitrogens is 4. The molecule has 2 aromatic rings. The van der Waals surface area contributed by atoms with Crippen LogP contribution in [-0.2, 0) is 9.47 Å². The van der Waals surface area contributed by atoms with E-state index in [9.17, 15) is 0 Å². The molecule has 1 aliphatic heterocycles. The minimum absolute atomic E-state index is 0.00765. The molecule has 0 bridgehead atoms. The first-order chi connectivity index (χ1) is 10.6. The minimum atomic E-state index is -0.195. The molecule has 22 heavy (non-hydrogen) atoms. The first-order valence-electron chi connectivity index (χ1n) is 6.97. The smallest absolute Gasteiger partial charge is 0.220 e. The third-order valence-electron chi connectivity index (χ3n) is 3.69. The molecule has 2 N–H and O–H groups in total. The number of imidazole rings is 1. The molecule has 7 nitrogen and oxygen atoms in total. The molecule has 3 heterocycles. The number of ether oxygens (including phenoxy) is 2. The van der Waals surface area contributed by atoms with Crippen LogP contribution in [0.3, 0.4) is 0 Å². The molecule has 2 aromatic heterocycles. The van der Waals surface area contributed by atoms with Gasteiger partial charge in [-0.25, -0.2) is 15.0 Å². The maximum absolute atomic E-state index is 6.09. The summed E-state index contributed by atoms with van der Waals surface area (Å²) in [4.78, 5) is 12.5. The summed E-state index contributed by atoms with van der Waals surface area (Å²) in [7, 11) is 0. The highest BCUT2D eigenvalue weighted by Gasteiger charge is 2.37. The van der Waals surface area contributed by atoms with Crippen molar-refractivity contribution in [3.05, 3.63) is 12.7 Å².